The van der Waals surface area contributed by atoms with Crippen molar-refractivity contribution in [2.45, 2.75) is 25.4 Å². The van der Waals surface area contributed by atoms with Gasteiger partial charge >= 0.3 is 0 Å². The fourth-order valence-electron chi connectivity index (χ4n) is 2.91. The van der Waals surface area contributed by atoms with E-state index in [1.54, 1.807) is 14.1 Å². The van der Waals surface area contributed by atoms with Gasteiger partial charge in [-0.1, -0.05) is 30.3 Å². The molecule has 1 aromatic carbocycles. The Bertz CT molecular complexity index is 756. The zero-order valence-corrected chi connectivity index (χ0v) is 19.7. The molecular weight excluding hydrogens is 493 g/mol. The average Bonchev–Trinajstić information content (AvgIpc) is 3.10. The second kappa shape index (κ2) is 11.6. The lowest BCUT2D eigenvalue weighted by Crippen LogP contribution is -2.48. The molecule has 0 aromatic heterocycles. The van der Waals surface area contributed by atoms with E-state index in [4.69, 9.17) is 0 Å². The molecule has 0 saturated carbocycles. The molecule has 1 fully saturated rings. The number of benzene rings is 1. The second-order valence-electron chi connectivity index (χ2n) is 6.84. The van der Waals surface area contributed by atoms with Gasteiger partial charge in [0.1, 0.15) is 0 Å². The molecule has 0 aliphatic carbocycles. The molecule has 0 bridgehead atoms. The van der Waals surface area contributed by atoms with Crippen molar-refractivity contribution in [3.63, 3.8) is 0 Å². The molecule has 10 heteroatoms. The zero-order valence-electron chi connectivity index (χ0n) is 16.6. The largest absolute Gasteiger partial charge is 0.355 e. The first kappa shape index (κ1) is 24.6. The number of likely N-dealkylation sites (N-methyl/N-ethyl adjacent to an activating group) is 1. The van der Waals surface area contributed by atoms with Crippen LogP contribution in [0.5, 0.6) is 0 Å². The minimum atomic E-state index is -3.22. The normalized spacial score (nSPS) is 17.7. The number of hydrogen-bond donors (Lipinski definition) is 2. The van der Waals surface area contributed by atoms with Gasteiger partial charge in [0.05, 0.1) is 19.3 Å². The summed E-state index contributed by atoms with van der Waals surface area (Å²) in [6, 6.07) is 9.70. The van der Waals surface area contributed by atoms with Gasteiger partial charge in [-0.25, -0.2) is 13.4 Å². The van der Waals surface area contributed by atoms with Crippen LogP contribution in [-0.2, 0) is 21.4 Å². The van der Waals surface area contributed by atoms with Crippen LogP contribution in [0.2, 0.25) is 0 Å². The third-order valence-electron chi connectivity index (χ3n) is 4.42. The van der Waals surface area contributed by atoms with Crippen molar-refractivity contribution in [2.24, 2.45) is 4.99 Å². The molecule has 1 aliphatic rings. The molecule has 1 aromatic rings. The summed E-state index contributed by atoms with van der Waals surface area (Å²) in [5.41, 5.74) is 1.05. The maximum absolute atomic E-state index is 11.9. The molecule has 1 amide bonds. The van der Waals surface area contributed by atoms with E-state index in [0.29, 0.717) is 25.6 Å². The van der Waals surface area contributed by atoms with Crippen LogP contribution in [-0.4, -0.2) is 75.5 Å². The van der Waals surface area contributed by atoms with Crippen LogP contribution in [0.1, 0.15) is 18.4 Å². The Hall–Kier alpha value is -1.40. The van der Waals surface area contributed by atoms with Gasteiger partial charge in [-0.2, -0.15) is 4.31 Å². The number of sulfonamides is 1. The van der Waals surface area contributed by atoms with Crippen LogP contribution in [0.25, 0.3) is 0 Å². The summed E-state index contributed by atoms with van der Waals surface area (Å²) in [5.74, 6) is 0.428. The highest BCUT2D eigenvalue weighted by atomic mass is 127. The predicted molar refractivity (Wildman–Crippen MR) is 122 cm³/mol. The minimum absolute atomic E-state index is 0. The van der Waals surface area contributed by atoms with Crippen molar-refractivity contribution >= 4 is 45.9 Å². The first-order valence-corrected chi connectivity index (χ1v) is 10.9. The molecule has 2 N–H and O–H groups in total. The lowest BCUT2D eigenvalue weighted by Gasteiger charge is -2.23. The van der Waals surface area contributed by atoms with Gasteiger partial charge in [0.25, 0.3) is 0 Å². The van der Waals surface area contributed by atoms with Gasteiger partial charge in [-0.3, -0.25) is 4.79 Å². The van der Waals surface area contributed by atoms with Gasteiger partial charge in [0.2, 0.25) is 15.9 Å². The Balaban J connectivity index is 0.00000392. The fourth-order valence-corrected chi connectivity index (χ4v) is 4.09. The van der Waals surface area contributed by atoms with Crippen LogP contribution >= 0.6 is 24.0 Å². The van der Waals surface area contributed by atoms with Crippen LogP contribution in [0.4, 0.5) is 0 Å². The highest BCUT2D eigenvalue weighted by molar-refractivity contribution is 14.0. The molecule has 1 aliphatic heterocycles. The highest BCUT2D eigenvalue weighted by Crippen LogP contribution is 2.19. The van der Waals surface area contributed by atoms with Crippen molar-refractivity contribution in [3.05, 3.63) is 35.9 Å². The Morgan fingerprint density at radius 1 is 1.25 bits per heavy atom. The van der Waals surface area contributed by atoms with E-state index in [0.717, 1.165) is 18.4 Å². The SMILES string of the molecule is CN(C)C(=O)CNC(=NCc1ccccc1)NC[C@H]1CCCN1S(C)(=O)=O.I. The van der Waals surface area contributed by atoms with Crippen molar-refractivity contribution < 1.29 is 13.2 Å². The molecule has 28 heavy (non-hydrogen) atoms. The molecule has 0 spiro atoms. The number of guanidine groups is 1. The van der Waals surface area contributed by atoms with E-state index >= 15 is 0 Å². The molecule has 1 saturated heterocycles. The lowest BCUT2D eigenvalue weighted by molar-refractivity contribution is -0.127. The zero-order chi connectivity index (χ0) is 19.9. The Labute approximate surface area is 184 Å². The number of amides is 1. The van der Waals surface area contributed by atoms with E-state index in [1.165, 1.54) is 15.5 Å². The molecular formula is C18H30IN5O3S. The van der Waals surface area contributed by atoms with Gasteiger partial charge < -0.3 is 15.5 Å². The molecule has 1 heterocycles. The summed E-state index contributed by atoms with van der Waals surface area (Å²) in [7, 11) is 0.171. The molecule has 1 atom stereocenters. The van der Waals surface area contributed by atoms with Gasteiger partial charge in [-0.15, -0.1) is 24.0 Å². The Morgan fingerprint density at radius 2 is 1.93 bits per heavy atom. The third-order valence-corrected chi connectivity index (χ3v) is 5.76. The van der Waals surface area contributed by atoms with E-state index in [-0.39, 0.29) is 42.5 Å². The van der Waals surface area contributed by atoms with Crippen LogP contribution in [0, 0.1) is 0 Å². The number of nitrogens with one attached hydrogen (secondary N) is 2. The number of rotatable bonds is 7. The van der Waals surface area contributed by atoms with Crippen molar-refractivity contribution in [1.29, 1.82) is 0 Å². The summed E-state index contributed by atoms with van der Waals surface area (Å²) in [5, 5.41) is 6.22. The van der Waals surface area contributed by atoms with Crippen LogP contribution < -0.4 is 10.6 Å². The van der Waals surface area contributed by atoms with E-state index in [2.05, 4.69) is 15.6 Å². The second-order valence-corrected chi connectivity index (χ2v) is 8.78. The summed E-state index contributed by atoms with van der Waals surface area (Å²) >= 11 is 0. The first-order valence-electron chi connectivity index (χ1n) is 9.00. The Kier molecular flexibility index (Phi) is 10.2. The standard InChI is InChI=1S/C18H29N5O3S.HI/c1-22(2)17(24)14-21-18(19-12-15-8-5-4-6-9-15)20-13-16-10-7-11-23(16)27(3,25)26;/h4-6,8-9,16H,7,10-14H2,1-3H3,(H2,19,20,21);1H/t16-;/m1./s1. The lowest BCUT2D eigenvalue weighted by atomic mass is 10.2. The topological polar surface area (TPSA) is 94.1 Å². The average molecular weight is 523 g/mol. The number of hydrogen-bond acceptors (Lipinski definition) is 4. The quantitative estimate of drug-likeness (QED) is 0.314. The summed E-state index contributed by atoms with van der Waals surface area (Å²) in [6.45, 7) is 1.58. The summed E-state index contributed by atoms with van der Waals surface area (Å²) in [6.07, 6.45) is 2.90. The van der Waals surface area contributed by atoms with Gasteiger partial charge in [-0.05, 0) is 18.4 Å². The van der Waals surface area contributed by atoms with Crippen LogP contribution in [0.15, 0.2) is 35.3 Å². The minimum Gasteiger partial charge on any atom is -0.355 e. The number of nitrogens with zero attached hydrogens (tertiary/aromatic N) is 3. The Morgan fingerprint density at radius 3 is 2.54 bits per heavy atom. The number of aliphatic imine (C=N–C) groups is 1. The monoisotopic (exact) mass is 523 g/mol. The van der Waals surface area contributed by atoms with Crippen molar-refractivity contribution in [3.8, 4) is 0 Å². The van der Waals surface area contributed by atoms with Gasteiger partial charge in [0, 0.05) is 33.2 Å². The smallest absolute Gasteiger partial charge is 0.241 e. The first-order chi connectivity index (χ1) is 12.8. The van der Waals surface area contributed by atoms with Crippen molar-refractivity contribution in [2.75, 3.05) is 40.0 Å². The maximum atomic E-state index is 11.9. The van der Waals surface area contributed by atoms with Crippen molar-refractivity contribution in [1.82, 2.24) is 19.8 Å². The molecule has 158 valence electrons. The molecule has 0 radical (unpaired) electrons. The van der Waals surface area contributed by atoms with Crippen LogP contribution in [0.3, 0.4) is 0 Å². The highest BCUT2D eigenvalue weighted by Gasteiger charge is 2.31. The third kappa shape index (κ3) is 7.92. The van der Waals surface area contributed by atoms with E-state index < -0.39 is 10.0 Å². The van der Waals surface area contributed by atoms with Gasteiger partial charge in [0.15, 0.2) is 5.96 Å². The predicted octanol–water partition coefficient (Wildman–Crippen LogP) is 0.852. The maximum Gasteiger partial charge on any atom is 0.241 e. The molecule has 2 rings (SSSR count). The van der Waals surface area contributed by atoms with E-state index in [9.17, 15) is 13.2 Å². The number of halogens is 1. The van der Waals surface area contributed by atoms with E-state index in [1.807, 2.05) is 30.3 Å². The fraction of sp³-hybridized carbons (Fsp3) is 0.556. The summed E-state index contributed by atoms with van der Waals surface area (Å²) < 4.78 is 25.3. The number of carbonyl (C=O) groups excluding carboxylic acids is 1. The number of carbonyl (C=O) groups is 1. The molecule has 8 nitrogen and oxygen atoms in total. The summed E-state index contributed by atoms with van der Waals surface area (Å²) in [4.78, 5) is 17.9. The molecule has 0 unspecified atom stereocenters.